The molecule has 0 aliphatic carbocycles. The Labute approximate surface area is 145 Å². The van der Waals surface area contributed by atoms with Crippen LogP contribution in [0, 0.1) is 0 Å². The summed E-state index contributed by atoms with van der Waals surface area (Å²) in [6, 6.07) is 9.56. The lowest BCUT2D eigenvalue weighted by atomic mass is 10.3. The summed E-state index contributed by atoms with van der Waals surface area (Å²) < 4.78 is 6.81. The number of hydrogen-bond acceptors (Lipinski definition) is 7. The van der Waals surface area contributed by atoms with E-state index in [1.165, 1.54) is 0 Å². The molecule has 1 atom stereocenters. The normalized spacial score (nSPS) is 18.2. The third-order valence-corrected chi connectivity index (χ3v) is 4.02. The van der Waals surface area contributed by atoms with Crippen LogP contribution in [0.15, 0.2) is 30.3 Å². The number of tetrazole rings is 1. The number of ether oxygens (including phenoxy) is 1. The molecule has 1 fully saturated rings. The SMILES string of the molecule is CCOCC(=O)N1CCN(c2nnnn2-c2ccccc2)C[C@H](O)C1. The average Bonchev–Trinajstić information content (AvgIpc) is 3.04. The molecule has 0 bridgehead atoms. The van der Waals surface area contributed by atoms with Crippen LogP contribution in [0.5, 0.6) is 0 Å². The molecule has 1 aromatic carbocycles. The van der Waals surface area contributed by atoms with Gasteiger partial charge in [-0.15, -0.1) is 0 Å². The summed E-state index contributed by atoms with van der Waals surface area (Å²) in [7, 11) is 0. The van der Waals surface area contributed by atoms with E-state index in [4.69, 9.17) is 4.74 Å². The molecule has 0 unspecified atom stereocenters. The fourth-order valence-electron chi connectivity index (χ4n) is 2.80. The van der Waals surface area contributed by atoms with Crippen LogP contribution >= 0.6 is 0 Å². The van der Waals surface area contributed by atoms with Crippen LogP contribution in [-0.4, -0.2) is 81.6 Å². The Morgan fingerprint density at radius 2 is 2.08 bits per heavy atom. The predicted molar refractivity (Wildman–Crippen MR) is 90.4 cm³/mol. The molecule has 1 amide bonds. The van der Waals surface area contributed by atoms with Gasteiger partial charge in [0.2, 0.25) is 5.91 Å². The van der Waals surface area contributed by atoms with E-state index in [9.17, 15) is 9.90 Å². The quantitative estimate of drug-likeness (QED) is 0.794. The zero-order chi connectivity index (χ0) is 17.6. The van der Waals surface area contributed by atoms with Crippen molar-refractivity contribution in [2.24, 2.45) is 0 Å². The van der Waals surface area contributed by atoms with E-state index in [0.717, 1.165) is 5.69 Å². The molecule has 134 valence electrons. The molecule has 2 aromatic rings. The number of amides is 1. The third-order valence-electron chi connectivity index (χ3n) is 4.02. The van der Waals surface area contributed by atoms with Gasteiger partial charge in [0, 0.05) is 32.8 Å². The Bertz CT molecular complexity index is 692. The fraction of sp³-hybridized carbons (Fsp3) is 0.500. The highest BCUT2D eigenvalue weighted by molar-refractivity contribution is 5.77. The number of β-amino-alcohol motifs (C(OH)–C–C–N with tert-alkyl or cyclic N) is 1. The van der Waals surface area contributed by atoms with Gasteiger partial charge in [-0.2, -0.15) is 4.68 Å². The van der Waals surface area contributed by atoms with E-state index in [0.29, 0.717) is 32.2 Å². The number of anilines is 1. The lowest BCUT2D eigenvalue weighted by Crippen LogP contribution is -2.39. The largest absolute Gasteiger partial charge is 0.389 e. The first-order valence-corrected chi connectivity index (χ1v) is 8.31. The summed E-state index contributed by atoms with van der Waals surface area (Å²) >= 11 is 0. The van der Waals surface area contributed by atoms with E-state index in [-0.39, 0.29) is 19.1 Å². The molecule has 0 spiro atoms. The molecule has 9 nitrogen and oxygen atoms in total. The lowest BCUT2D eigenvalue weighted by molar-refractivity contribution is -0.136. The molecule has 0 radical (unpaired) electrons. The number of nitrogens with zero attached hydrogens (tertiary/aromatic N) is 6. The molecule has 3 rings (SSSR count). The highest BCUT2D eigenvalue weighted by Gasteiger charge is 2.27. The van der Waals surface area contributed by atoms with Crippen LogP contribution in [0.3, 0.4) is 0 Å². The summed E-state index contributed by atoms with van der Waals surface area (Å²) in [5, 5.41) is 22.2. The van der Waals surface area contributed by atoms with Crippen molar-refractivity contribution in [3.8, 4) is 5.69 Å². The number of carbonyl (C=O) groups excluding carboxylic acids is 1. The first kappa shape index (κ1) is 17.3. The van der Waals surface area contributed by atoms with Gasteiger partial charge in [-0.25, -0.2) is 0 Å². The average molecular weight is 346 g/mol. The monoisotopic (exact) mass is 346 g/mol. The smallest absolute Gasteiger partial charge is 0.250 e. The number of benzene rings is 1. The van der Waals surface area contributed by atoms with Crippen molar-refractivity contribution in [3.63, 3.8) is 0 Å². The maximum atomic E-state index is 12.2. The van der Waals surface area contributed by atoms with Gasteiger partial charge in [0.05, 0.1) is 11.8 Å². The van der Waals surface area contributed by atoms with Crippen molar-refractivity contribution in [2.45, 2.75) is 13.0 Å². The lowest BCUT2D eigenvalue weighted by Gasteiger charge is -2.22. The minimum atomic E-state index is -0.686. The predicted octanol–water partition coefficient (Wildman–Crippen LogP) is -0.292. The zero-order valence-electron chi connectivity index (χ0n) is 14.2. The second-order valence-electron chi connectivity index (χ2n) is 5.80. The summed E-state index contributed by atoms with van der Waals surface area (Å²) in [5.41, 5.74) is 0.838. The Morgan fingerprint density at radius 1 is 1.28 bits per heavy atom. The molecule has 1 aromatic heterocycles. The molecule has 25 heavy (non-hydrogen) atoms. The second kappa shape index (κ2) is 8.04. The standard InChI is InChI=1S/C16H22N6O3/c1-2-25-12-15(24)20-8-9-21(11-14(23)10-20)16-17-18-19-22(16)13-6-4-3-5-7-13/h3-7,14,23H,2,8-12H2,1H3/t14-/m1/s1. The number of aliphatic hydroxyl groups is 1. The molecular formula is C16H22N6O3. The van der Waals surface area contributed by atoms with Crippen molar-refractivity contribution >= 4 is 11.9 Å². The maximum absolute atomic E-state index is 12.2. The van der Waals surface area contributed by atoms with Crippen LogP contribution in [0.25, 0.3) is 5.69 Å². The highest BCUT2D eigenvalue weighted by atomic mass is 16.5. The van der Waals surface area contributed by atoms with E-state index in [1.54, 1.807) is 9.58 Å². The minimum absolute atomic E-state index is 0.0327. The van der Waals surface area contributed by atoms with Gasteiger partial charge in [-0.1, -0.05) is 23.3 Å². The fourth-order valence-corrected chi connectivity index (χ4v) is 2.80. The van der Waals surface area contributed by atoms with Crippen LogP contribution in [0.4, 0.5) is 5.95 Å². The Morgan fingerprint density at radius 3 is 2.84 bits per heavy atom. The van der Waals surface area contributed by atoms with Crippen LogP contribution in [0.1, 0.15) is 6.92 Å². The van der Waals surface area contributed by atoms with E-state index in [1.807, 2.05) is 42.2 Å². The summed E-state index contributed by atoms with van der Waals surface area (Å²) in [5.74, 6) is 0.426. The Balaban J connectivity index is 1.75. The first-order chi connectivity index (χ1) is 12.2. The van der Waals surface area contributed by atoms with Gasteiger partial charge in [-0.05, 0) is 29.5 Å². The molecule has 1 aliphatic heterocycles. The molecule has 1 saturated heterocycles. The van der Waals surface area contributed by atoms with Gasteiger partial charge in [-0.3, -0.25) is 4.79 Å². The first-order valence-electron chi connectivity index (χ1n) is 8.31. The molecule has 1 N–H and O–H groups in total. The van der Waals surface area contributed by atoms with E-state index < -0.39 is 6.10 Å². The summed E-state index contributed by atoms with van der Waals surface area (Å²) in [6.45, 7) is 3.99. The second-order valence-corrected chi connectivity index (χ2v) is 5.80. The minimum Gasteiger partial charge on any atom is -0.389 e. The number of rotatable bonds is 5. The van der Waals surface area contributed by atoms with Crippen LogP contribution in [-0.2, 0) is 9.53 Å². The van der Waals surface area contributed by atoms with Crippen LogP contribution in [0.2, 0.25) is 0 Å². The van der Waals surface area contributed by atoms with Crippen LogP contribution < -0.4 is 4.90 Å². The molecule has 2 heterocycles. The van der Waals surface area contributed by atoms with Crippen molar-refractivity contribution in [1.29, 1.82) is 0 Å². The van der Waals surface area contributed by atoms with Gasteiger partial charge >= 0.3 is 0 Å². The van der Waals surface area contributed by atoms with Gasteiger partial charge < -0.3 is 19.6 Å². The number of hydrogen-bond donors (Lipinski definition) is 1. The van der Waals surface area contributed by atoms with Crippen molar-refractivity contribution in [1.82, 2.24) is 25.1 Å². The number of carbonyl (C=O) groups is 1. The zero-order valence-corrected chi connectivity index (χ0v) is 14.2. The Kier molecular flexibility index (Phi) is 5.56. The summed E-state index contributed by atoms with van der Waals surface area (Å²) in [6.07, 6.45) is -0.686. The summed E-state index contributed by atoms with van der Waals surface area (Å²) in [4.78, 5) is 15.7. The topological polar surface area (TPSA) is 96.6 Å². The van der Waals surface area contributed by atoms with Crippen molar-refractivity contribution < 1.29 is 14.6 Å². The molecule has 9 heteroatoms. The molecular weight excluding hydrogens is 324 g/mol. The molecule has 0 saturated carbocycles. The van der Waals surface area contributed by atoms with Crippen molar-refractivity contribution in [2.75, 3.05) is 44.3 Å². The van der Waals surface area contributed by atoms with Gasteiger partial charge in [0.15, 0.2) is 0 Å². The number of aliphatic hydroxyl groups excluding tert-OH is 1. The number of para-hydroxylation sites is 1. The van der Waals surface area contributed by atoms with Crippen molar-refractivity contribution in [3.05, 3.63) is 30.3 Å². The highest BCUT2D eigenvalue weighted by Crippen LogP contribution is 2.17. The van der Waals surface area contributed by atoms with E-state index >= 15 is 0 Å². The maximum Gasteiger partial charge on any atom is 0.250 e. The Hall–Kier alpha value is -2.52. The number of aromatic nitrogens is 4. The third kappa shape index (κ3) is 4.12. The molecule has 1 aliphatic rings. The van der Waals surface area contributed by atoms with Gasteiger partial charge in [0.1, 0.15) is 6.61 Å². The van der Waals surface area contributed by atoms with Gasteiger partial charge in [0.25, 0.3) is 5.95 Å². The van der Waals surface area contributed by atoms with E-state index in [2.05, 4.69) is 15.5 Å².